The van der Waals surface area contributed by atoms with E-state index in [2.05, 4.69) is 85.2 Å². The fourth-order valence-electron chi connectivity index (χ4n) is 7.11. The van der Waals surface area contributed by atoms with Crippen molar-refractivity contribution >= 4 is 23.8 Å². The Morgan fingerprint density at radius 3 is 1.37 bits per heavy atom. The van der Waals surface area contributed by atoms with Crippen molar-refractivity contribution in [2.24, 2.45) is 0 Å². The molecule has 0 spiro atoms. The standard InChI is InChI=1S/C53H92N2O7/c1-3-5-7-9-11-13-15-17-18-19-20-21-22-23-24-26-28-30-32-37-41-45-52(59)62-48(42-38-34-31-29-27-25-16-14-12-10-8-6-4-2)43-39-35-33-36-40-44-50(57)54-46-51(58)55-49(47-56)53(60)61/h15-17,19-20,22-23,25,29,31,48-49,56H,3-14,18,21,24,26-28,30,32-47H2,1-2H3,(H,54,57)(H,55,58)(H,60,61)/b17-15-,20-19-,23-22-,25-16-,31-29-. The number of carbonyl (C=O) groups excluding carboxylic acids is 3. The number of ether oxygens (including phenoxy) is 1. The summed E-state index contributed by atoms with van der Waals surface area (Å²) in [7, 11) is 0. The van der Waals surface area contributed by atoms with E-state index in [9.17, 15) is 19.2 Å². The normalized spacial score (nSPS) is 13.0. The van der Waals surface area contributed by atoms with Crippen LogP contribution in [0.15, 0.2) is 60.8 Å². The lowest BCUT2D eigenvalue weighted by Crippen LogP contribution is -2.47. The highest BCUT2D eigenvalue weighted by Gasteiger charge is 2.19. The number of aliphatic carboxylic acids is 1. The van der Waals surface area contributed by atoms with Crippen molar-refractivity contribution in [1.29, 1.82) is 0 Å². The molecule has 0 aliphatic rings. The van der Waals surface area contributed by atoms with E-state index in [-0.39, 0.29) is 30.9 Å². The number of aliphatic hydroxyl groups excluding tert-OH is 1. The second-order valence-electron chi connectivity index (χ2n) is 16.9. The lowest BCUT2D eigenvalue weighted by Gasteiger charge is -2.18. The van der Waals surface area contributed by atoms with Gasteiger partial charge >= 0.3 is 11.9 Å². The number of amides is 2. The second-order valence-corrected chi connectivity index (χ2v) is 16.9. The quantitative estimate of drug-likeness (QED) is 0.0271. The zero-order chi connectivity index (χ0) is 45.4. The van der Waals surface area contributed by atoms with E-state index in [4.69, 9.17) is 14.9 Å². The topological polar surface area (TPSA) is 142 Å². The molecule has 9 heteroatoms. The van der Waals surface area contributed by atoms with E-state index in [1.54, 1.807) is 0 Å². The molecule has 0 bridgehead atoms. The van der Waals surface area contributed by atoms with Gasteiger partial charge in [0.1, 0.15) is 12.1 Å². The van der Waals surface area contributed by atoms with Gasteiger partial charge < -0.3 is 25.6 Å². The average molecular weight is 869 g/mol. The van der Waals surface area contributed by atoms with Crippen LogP contribution in [0.5, 0.6) is 0 Å². The van der Waals surface area contributed by atoms with Crippen LogP contribution >= 0.6 is 0 Å². The summed E-state index contributed by atoms with van der Waals surface area (Å²) in [5.74, 6) is -2.34. The van der Waals surface area contributed by atoms with E-state index in [0.717, 1.165) is 96.3 Å². The SMILES string of the molecule is CCCCCCC/C=C\C/C=C\C/C=C\CCCCCCCCC(=O)OC(CCC/C=C\C/C=C\CCCCCCC)CCCCCCCC(=O)NCC(=O)NC(CO)C(=O)O. The Morgan fingerprint density at radius 1 is 0.484 bits per heavy atom. The predicted octanol–water partition coefficient (Wildman–Crippen LogP) is 13.3. The van der Waals surface area contributed by atoms with Crippen molar-refractivity contribution in [2.75, 3.05) is 13.2 Å². The van der Waals surface area contributed by atoms with Crippen LogP contribution < -0.4 is 10.6 Å². The van der Waals surface area contributed by atoms with Gasteiger partial charge in [-0.3, -0.25) is 14.4 Å². The minimum atomic E-state index is -1.39. The molecule has 0 saturated carbocycles. The molecule has 0 fully saturated rings. The molecule has 9 nitrogen and oxygen atoms in total. The first-order valence-electron chi connectivity index (χ1n) is 25.2. The molecule has 2 amide bonds. The summed E-state index contributed by atoms with van der Waals surface area (Å²) >= 11 is 0. The summed E-state index contributed by atoms with van der Waals surface area (Å²) in [5.41, 5.74) is 0. The molecule has 62 heavy (non-hydrogen) atoms. The molecule has 0 aromatic rings. The largest absolute Gasteiger partial charge is 0.480 e. The van der Waals surface area contributed by atoms with Crippen molar-refractivity contribution in [3.8, 4) is 0 Å². The number of hydrogen-bond acceptors (Lipinski definition) is 6. The third-order valence-electron chi connectivity index (χ3n) is 11.0. The summed E-state index contributed by atoms with van der Waals surface area (Å²) in [6.07, 6.45) is 58.2. The number of nitrogens with one attached hydrogen (secondary N) is 2. The van der Waals surface area contributed by atoms with Gasteiger partial charge in [0, 0.05) is 12.8 Å². The van der Waals surface area contributed by atoms with Crippen LogP contribution in [-0.2, 0) is 23.9 Å². The molecule has 0 saturated heterocycles. The fraction of sp³-hybridized carbons (Fsp3) is 0.736. The number of carboxylic acids is 1. The van der Waals surface area contributed by atoms with Gasteiger partial charge in [0.25, 0.3) is 0 Å². The van der Waals surface area contributed by atoms with E-state index in [0.29, 0.717) is 12.8 Å². The molecule has 0 rings (SSSR count). The summed E-state index contributed by atoms with van der Waals surface area (Å²) < 4.78 is 6.03. The Morgan fingerprint density at radius 2 is 0.887 bits per heavy atom. The van der Waals surface area contributed by atoms with Crippen molar-refractivity contribution < 1.29 is 34.1 Å². The number of unbranched alkanes of at least 4 members (excludes halogenated alkanes) is 21. The van der Waals surface area contributed by atoms with Gasteiger partial charge in [-0.05, 0) is 103 Å². The predicted molar refractivity (Wildman–Crippen MR) is 259 cm³/mol. The summed E-state index contributed by atoms with van der Waals surface area (Å²) in [6, 6.07) is -1.39. The summed E-state index contributed by atoms with van der Waals surface area (Å²) in [6.45, 7) is 3.46. The molecular weight excluding hydrogens is 777 g/mol. The van der Waals surface area contributed by atoms with Crippen LogP contribution in [0.3, 0.4) is 0 Å². The molecular formula is C53H92N2O7. The van der Waals surface area contributed by atoms with E-state index < -0.39 is 24.5 Å². The van der Waals surface area contributed by atoms with Crippen molar-refractivity contribution in [3.63, 3.8) is 0 Å². The van der Waals surface area contributed by atoms with Crippen LogP contribution in [0.25, 0.3) is 0 Å². The molecule has 2 unspecified atom stereocenters. The minimum absolute atomic E-state index is 0.0673. The van der Waals surface area contributed by atoms with E-state index >= 15 is 0 Å². The molecule has 0 aliphatic heterocycles. The highest BCUT2D eigenvalue weighted by Crippen LogP contribution is 2.18. The van der Waals surface area contributed by atoms with Crippen molar-refractivity contribution in [3.05, 3.63) is 60.8 Å². The van der Waals surface area contributed by atoms with Gasteiger partial charge in [0.2, 0.25) is 11.8 Å². The first-order valence-corrected chi connectivity index (χ1v) is 25.2. The van der Waals surface area contributed by atoms with Gasteiger partial charge in [-0.1, -0.05) is 171 Å². The van der Waals surface area contributed by atoms with Gasteiger partial charge in [-0.2, -0.15) is 0 Å². The van der Waals surface area contributed by atoms with Gasteiger partial charge in [-0.25, -0.2) is 4.79 Å². The van der Waals surface area contributed by atoms with Crippen LogP contribution in [-0.4, -0.2) is 59.3 Å². The van der Waals surface area contributed by atoms with Gasteiger partial charge in [0.15, 0.2) is 0 Å². The van der Waals surface area contributed by atoms with Gasteiger partial charge in [0.05, 0.1) is 13.2 Å². The zero-order valence-corrected chi connectivity index (χ0v) is 39.6. The maximum atomic E-state index is 12.9. The lowest BCUT2D eigenvalue weighted by atomic mass is 10.0. The van der Waals surface area contributed by atoms with E-state index in [1.807, 2.05) is 0 Å². The maximum Gasteiger partial charge on any atom is 0.328 e. The first kappa shape index (κ1) is 58.5. The molecule has 0 aromatic heterocycles. The molecule has 2 atom stereocenters. The second kappa shape index (κ2) is 47.0. The average Bonchev–Trinajstić information content (AvgIpc) is 3.26. The summed E-state index contributed by atoms with van der Waals surface area (Å²) in [5, 5.41) is 22.6. The third kappa shape index (κ3) is 43.2. The Labute approximate surface area is 379 Å². The molecule has 4 N–H and O–H groups in total. The van der Waals surface area contributed by atoms with Crippen LogP contribution in [0.1, 0.15) is 226 Å². The number of rotatable bonds is 45. The number of esters is 1. The monoisotopic (exact) mass is 869 g/mol. The molecule has 0 radical (unpaired) electrons. The molecule has 356 valence electrons. The number of carboxylic acid groups (broad SMARTS) is 1. The lowest BCUT2D eigenvalue weighted by molar-refractivity contribution is -0.150. The summed E-state index contributed by atoms with van der Waals surface area (Å²) in [4.78, 5) is 47.7. The van der Waals surface area contributed by atoms with Crippen molar-refractivity contribution in [2.45, 2.75) is 238 Å². The Bertz CT molecular complexity index is 1220. The van der Waals surface area contributed by atoms with Gasteiger partial charge in [-0.15, -0.1) is 0 Å². The molecule has 0 aromatic carbocycles. The fourth-order valence-corrected chi connectivity index (χ4v) is 7.11. The first-order chi connectivity index (χ1) is 30.3. The van der Waals surface area contributed by atoms with Crippen LogP contribution in [0.4, 0.5) is 0 Å². The molecule has 0 aliphatic carbocycles. The number of carbonyl (C=O) groups is 4. The van der Waals surface area contributed by atoms with Crippen LogP contribution in [0.2, 0.25) is 0 Å². The van der Waals surface area contributed by atoms with E-state index in [1.165, 1.54) is 96.3 Å². The number of aliphatic hydroxyl groups is 1. The van der Waals surface area contributed by atoms with Crippen molar-refractivity contribution in [1.82, 2.24) is 10.6 Å². The smallest absolute Gasteiger partial charge is 0.328 e. The minimum Gasteiger partial charge on any atom is -0.480 e. The third-order valence-corrected chi connectivity index (χ3v) is 11.0. The number of hydrogen-bond donors (Lipinski definition) is 4. The Kier molecular flexibility index (Phi) is 44.4. The highest BCUT2D eigenvalue weighted by atomic mass is 16.5. The number of allylic oxidation sites excluding steroid dienone is 10. The molecule has 0 heterocycles. The van der Waals surface area contributed by atoms with Crippen LogP contribution in [0, 0.1) is 0 Å². The Hall–Kier alpha value is -3.46. The highest BCUT2D eigenvalue weighted by molar-refractivity contribution is 5.87. The zero-order valence-electron chi connectivity index (χ0n) is 39.6. The maximum absolute atomic E-state index is 12.9. The Balaban J connectivity index is 4.36.